The molecule has 37 heavy (non-hydrogen) atoms. The summed E-state index contributed by atoms with van der Waals surface area (Å²) in [6, 6.07) is 6.25. The fraction of sp³-hybridized carbons (Fsp3) is 0.571. The molecular weight excluding hydrogens is 486 g/mol. The second-order valence-corrected chi connectivity index (χ2v) is 11.7. The lowest BCUT2D eigenvalue weighted by molar-refractivity contribution is -0.138. The third-order valence-corrected chi connectivity index (χ3v) is 9.42. The Morgan fingerprint density at radius 3 is 2.38 bits per heavy atom. The van der Waals surface area contributed by atoms with E-state index in [9.17, 15) is 14.4 Å². The van der Waals surface area contributed by atoms with E-state index >= 15 is 0 Å². The number of hydrogen-bond acceptors (Lipinski definition) is 7. The van der Waals surface area contributed by atoms with Crippen molar-refractivity contribution in [1.82, 2.24) is 19.7 Å². The largest absolute Gasteiger partial charge is 0.371 e. The number of benzene rings is 1. The molecular formula is C28H35N5O3S. The van der Waals surface area contributed by atoms with Gasteiger partial charge >= 0.3 is 0 Å². The summed E-state index contributed by atoms with van der Waals surface area (Å²) in [6.07, 6.45) is 9.92. The van der Waals surface area contributed by atoms with Gasteiger partial charge in [-0.3, -0.25) is 24.2 Å². The van der Waals surface area contributed by atoms with Crippen molar-refractivity contribution in [3.05, 3.63) is 45.9 Å². The van der Waals surface area contributed by atoms with Gasteiger partial charge in [0, 0.05) is 62.8 Å². The molecule has 6 rings (SSSR count). The number of imide groups is 1. The summed E-state index contributed by atoms with van der Waals surface area (Å²) in [6.45, 7) is 5.30. The summed E-state index contributed by atoms with van der Waals surface area (Å²) in [5, 5.41) is 2.59. The van der Waals surface area contributed by atoms with Gasteiger partial charge in [0.1, 0.15) is 5.01 Å². The number of fused-ring (bicyclic) bond motifs is 1. The van der Waals surface area contributed by atoms with Crippen molar-refractivity contribution >= 4 is 34.7 Å². The molecule has 3 amide bonds. The highest BCUT2D eigenvalue weighted by molar-refractivity contribution is 7.09. The topological polar surface area (TPSA) is 77.1 Å². The van der Waals surface area contributed by atoms with Crippen LogP contribution < -0.4 is 4.90 Å². The number of anilines is 1. The van der Waals surface area contributed by atoms with Crippen LogP contribution in [-0.4, -0.2) is 82.7 Å². The molecule has 0 bridgehead atoms. The molecule has 196 valence electrons. The van der Waals surface area contributed by atoms with Gasteiger partial charge in [0.15, 0.2) is 0 Å². The molecule has 0 atom stereocenters. The van der Waals surface area contributed by atoms with Crippen molar-refractivity contribution in [2.75, 3.05) is 44.2 Å². The van der Waals surface area contributed by atoms with Crippen molar-refractivity contribution in [3.8, 4) is 0 Å². The first kappa shape index (κ1) is 24.6. The van der Waals surface area contributed by atoms with Gasteiger partial charge in [-0.1, -0.05) is 25.3 Å². The van der Waals surface area contributed by atoms with Gasteiger partial charge in [0.25, 0.3) is 11.8 Å². The number of amides is 3. The van der Waals surface area contributed by atoms with Crippen molar-refractivity contribution in [2.45, 2.75) is 57.5 Å². The molecule has 9 heteroatoms. The van der Waals surface area contributed by atoms with Crippen LogP contribution in [0.15, 0.2) is 29.8 Å². The number of thiazole rings is 1. The summed E-state index contributed by atoms with van der Waals surface area (Å²) in [5.74, 6) is -0.176. The molecule has 0 N–H and O–H groups in total. The Balaban J connectivity index is 1.07. The molecule has 2 saturated heterocycles. The van der Waals surface area contributed by atoms with Crippen molar-refractivity contribution in [1.29, 1.82) is 0 Å². The van der Waals surface area contributed by atoms with Crippen LogP contribution in [0.5, 0.6) is 0 Å². The van der Waals surface area contributed by atoms with Gasteiger partial charge in [-0.15, -0.1) is 11.3 Å². The van der Waals surface area contributed by atoms with E-state index in [0.717, 1.165) is 49.7 Å². The minimum Gasteiger partial charge on any atom is -0.371 e. The Kier molecular flexibility index (Phi) is 6.99. The molecule has 1 aliphatic carbocycles. The molecule has 0 spiro atoms. The first-order valence-corrected chi connectivity index (χ1v) is 14.6. The van der Waals surface area contributed by atoms with Crippen LogP contribution in [-0.2, 0) is 11.3 Å². The van der Waals surface area contributed by atoms with Crippen LogP contribution in [0.4, 0.5) is 5.69 Å². The molecule has 1 saturated carbocycles. The molecule has 4 heterocycles. The van der Waals surface area contributed by atoms with Crippen LogP contribution in [0, 0.1) is 5.92 Å². The zero-order valence-corrected chi connectivity index (χ0v) is 22.1. The minimum atomic E-state index is -0.255. The molecule has 1 aromatic carbocycles. The maximum absolute atomic E-state index is 13.3. The SMILES string of the molecule is O=C(C1CCN(c2cccc3c2C(=O)N(Cc2nccs2)C3=O)CC1)N1CCN(C2CCCCC2)CC1. The lowest BCUT2D eigenvalue weighted by Crippen LogP contribution is -2.54. The van der Waals surface area contributed by atoms with Gasteiger partial charge < -0.3 is 9.80 Å². The summed E-state index contributed by atoms with van der Waals surface area (Å²) < 4.78 is 0. The van der Waals surface area contributed by atoms with Gasteiger partial charge in [0.05, 0.1) is 23.4 Å². The van der Waals surface area contributed by atoms with Crippen molar-refractivity contribution in [3.63, 3.8) is 0 Å². The second-order valence-electron chi connectivity index (χ2n) is 10.7. The standard InChI is InChI=1S/C28H35N5O3S/c34-26(32-16-14-30(15-17-32)21-5-2-1-3-6-21)20-9-12-31(13-10-20)23-8-4-7-22-25(23)28(36)33(27(22)35)19-24-29-11-18-37-24/h4,7-8,11,18,20-21H,1-3,5-6,9-10,12-17,19H2. The van der Waals surface area contributed by atoms with Gasteiger partial charge in [0.2, 0.25) is 5.91 Å². The van der Waals surface area contributed by atoms with Crippen molar-refractivity contribution in [2.24, 2.45) is 5.92 Å². The maximum Gasteiger partial charge on any atom is 0.264 e. The Morgan fingerprint density at radius 1 is 0.919 bits per heavy atom. The lowest BCUT2D eigenvalue weighted by Gasteiger charge is -2.42. The number of nitrogens with zero attached hydrogens (tertiary/aromatic N) is 5. The van der Waals surface area contributed by atoms with E-state index < -0.39 is 0 Å². The highest BCUT2D eigenvalue weighted by Crippen LogP contribution is 2.35. The predicted molar refractivity (Wildman–Crippen MR) is 143 cm³/mol. The lowest BCUT2D eigenvalue weighted by atomic mass is 9.92. The normalized spacial score (nSPS) is 22.1. The maximum atomic E-state index is 13.3. The number of carbonyl (C=O) groups excluding carboxylic acids is 3. The average molecular weight is 522 g/mol. The molecule has 2 aromatic rings. The Labute approximate surface area is 222 Å². The minimum absolute atomic E-state index is 0.0352. The fourth-order valence-electron chi connectivity index (χ4n) is 6.57. The molecule has 1 aromatic heterocycles. The zero-order valence-electron chi connectivity index (χ0n) is 21.3. The average Bonchev–Trinajstić information content (AvgIpc) is 3.56. The first-order chi connectivity index (χ1) is 18.1. The van der Waals surface area contributed by atoms with E-state index in [4.69, 9.17) is 0 Å². The van der Waals surface area contributed by atoms with E-state index in [1.165, 1.54) is 48.3 Å². The number of piperazine rings is 1. The smallest absolute Gasteiger partial charge is 0.264 e. The third-order valence-electron chi connectivity index (χ3n) is 8.66. The van der Waals surface area contributed by atoms with E-state index in [2.05, 4.69) is 19.7 Å². The number of rotatable bonds is 5. The highest BCUT2D eigenvalue weighted by Gasteiger charge is 2.40. The summed E-state index contributed by atoms with van der Waals surface area (Å²) in [7, 11) is 0. The third kappa shape index (κ3) is 4.79. The molecule has 4 aliphatic rings. The van der Waals surface area contributed by atoms with E-state index in [1.54, 1.807) is 12.3 Å². The summed E-state index contributed by atoms with van der Waals surface area (Å²) in [4.78, 5) is 52.1. The first-order valence-electron chi connectivity index (χ1n) is 13.8. The Morgan fingerprint density at radius 2 is 1.68 bits per heavy atom. The van der Waals surface area contributed by atoms with E-state index in [0.29, 0.717) is 36.2 Å². The van der Waals surface area contributed by atoms with Crippen LogP contribution in [0.25, 0.3) is 0 Å². The van der Waals surface area contributed by atoms with Crippen LogP contribution in [0.1, 0.15) is 70.7 Å². The molecule has 3 fully saturated rings. The molecule has 0 unspecified atom stereocenters. The fourth-order valence-corrected chi connectivity index (χ4v) is 7.17. The number of carbonyl (C=O) groups is 3. The number of hydrogen-bond donors (Lipinski definition) is 0. The summed E-state index contributed by atoms with van der Waals surface area (Å²) in [5.41, 5.74) is 1.77. The van der Waals surface area contributed by atoms with Crippen molar-refractivity contribution < 1.29 is 14.4 Å². The van der Waals surface area contributed by atoms with Crippen LogP contribution >= 0.6 is 11.3 Å². The zero-order chi connectivity index (χ0) is 25.4. The second kappa shape index (κ2) is 10.5. The van der Waals surface area contributed by atoms with Gasteiger partial charge in [-0.05, 0) is 37.8 Å². The number of piperidine rings is 1. The Hall–Kier alpha value is -2.78. The van der Waals surface area contributed by atoms with Gasteiger partial charge in [-0.25, -0.2) is 4.98 Å². The molecule has 8 nitrogen and oxygen atoms in total. The van der Waals surface area contributed by atoms with Gasteiger partial charge in [-0.2, -0.15) is 0 Å². The molecule has 0 radical (unpaired) electrons. The quantitative estimate of drug-likeness (QED) is 0.560. The monoisotopic (exact) mass is 521 g/mol. The van der Waals surface area contributed by atoms with Crippen LogP contribution in [0.3, 0.4) is 0 Å². The molecule has 3 aliphatic heterocycles. The number of aromatic nitrogens is 1. The highest BCUT2D eigenvalue weighted by atomic mass is 32.1. The van der Waals surface area contributed by atoms with E-state index in [1.807, 2.05) is 17.5 Å². The predicted octanol–water partition coefficient (Wildman–Crippen LogP) is 3.63. The Bertz CT molecular complexity index is 1150. The summed E-state index contributed by atoms with van der Waals surface area (Å²) >= 11 is 1.44. The van der Waals surface area contributed by atoms with Crippen LogP contribution in [0.2, 0.25) is 0 Å². The van der Waals surface area contributed by atoms with E-state index in [-0.39, 0.29) is 24.3 Å².